The Morgan fingerprint density at radius 3 is 2.73 bits per heavy atom. The van der Waals surface area contributed by atoms with Crippen LogP contribution in [0.3, 0.4) is 0 Å². The highest BCUT2D eigenvalue weighted by Crippen LogP contribution is 2.37. The predicted octanol–water partition coefficient (Wildman–Crippen LogP) is 5.74. The molecule has 1 aliphatic heterocycles. The number of aryl methyl sites for hydroxylation is 1. The second kappa shape index (κ2) is 10.8. The standard InChI is InChI=1S/C31H38N4O2/c1-22-6-5-9-24(18-22)27-12-13-35(33-27)31-21-29(34-14-16-37-17-15-34)26-19-25(20-28(26)32-31)30(36)11-10-23-7-3-2-4-8-23/h5-6,9,12-13,18,20-21,23,30,36H,2-4,7-8,10-11,14-17,19H2,1H3. The summed E-state index contributed by atoms with van der Waals surface area (Å²) in [4.78, 5) is 7.45. The van der Waals surface area contributed by atoms with Crippen molar-refractivity contribution in [3.63, 3.8) is 0 Å². The Kier molecular flexibility index (Phi) is 7.12. The fourth-order valence-corrected chi connectivity index (χ4v) is 6.18. The molecule has 6 rings (SSSR count). The third-order valence-electron chi connectivity index (χ3n) is 8.31. The van der Waals surface area contributed by atoms with E-state index in [1.807, 2.05) is 16.9 Å². The molecule has 1 saturated heterocycles. The molecule has 0 radical (unpaired) electrons. The molecule has 194 valence electrons. The molecule has 0 spiro atoms. The molecule has 6 nitrogen and oxygen atoms in total. The molecular weight excluding hydrogens is 460 g/mol. The third-order valence-corrected chi connectivity index (χ3v) is 8.31. The van der Waals surface area contributed by atoms with Crippen molar-refractivity contribution < 1.29 is 9.84 Å². The van der Waals surface area contributed by atoms with Gasteiger partial charge in [0.05, 0.1) is 30.7 Å². The minimum Gasteiger partial charge on any atom is -0.389 e. The van der Waals surface area contributed by atoms with Gasteiger partial charge in [0.2, 0.25) is 0 Å². The average molecular weight is 499 g/mol. The number of fused-ring (bicyclic) bond motifs is 1. The lowest BCUT2D eigenvalue weighted by molar-refractivity contribution is 0.122. The maximum atomic E-state index is 11.1. The fraction of sp³-hybridized carbons (Fsp3) is 0.484. The molecule has 1 saturated carbocycles. The number of aliphatic hydroxyl groups is 1. The average Bonchev–Trinajstić information content (AvgIpc) is 3.60. The summed E-state index contributed by atoms with van der Waals surface area (Å²) in [6, 6.07) is 12.6. The van der Waals surface area contributed by atoms with Crippen LogP contribution in [0.1, 0.15) is 61.8 Å². The van der Waals surface area contributed by atoms with E-state index in [0.29, 0.717) is 0 Å². The van der Waals surface area contributed by atoms with Gasteiger partial charge in [0.15, 0.2) is 5.82 Å². The number of aromatic nitrogens is 3. The number of ether oxygens (including phenoxy) is 1. The van der Waals surface area contributed by atoms with Gasteiger partial charge in [0, 0.05) is 48.6 Å². The van der Waals surface area contributed by atoms with Crippen molar-refractivity contribution in [2.75, 3.05) is 31.2 Å². The first kappa shape index (κ1) is 24.4. The molecular formula is C31H38N4O2. The normalized spacial score (nSPS) is 19.1. The zero-order valence-corrected chi connectivity index (χ0v) is 21.9. The SMILES string of the molecule is Cc1cccc(-c2ccn(-c3cc(N4CCOCC4)c4c(n3)C=C(C(O)CCC3CCCCC3)C4)n2)c1. The van der Waals surface area contributed by atoms with E-state index in [2.05, 4.69) is 48.2 Å². The molecule has 0 bridgehead atoms. The number of anilines is 1. The van der Waals surface area contributed by atoms with Gasteiger partial charge in [-0.1, -0.05) is 55.9 Å². The van der Waals surface area contributed by atoms with Crippen LogP contribution in [0.2, 0.25) is 0 Å². The predicted molar refractivity (Wildman–Crippen MR) is 148 cm³/mol. The molecule has 37 heavy (non-hydrogen) atoms. The second-order valence-corrected chi connectivity index (χ2v) is 11.0. The summed E-state index contributed by atoms with van der Waals surface area (Å²) in [5.41, 5.74) is 7.76. The lowest BCUT2D eigenvalue weighted by atomic mass is 9.85. The van der Waals surface area contributed by atoms with Gasteiger partial charge in [0.25, 0.3) is 0 Å². The van der Waals surface area contributed by atoms with Crippen LogP contribution >= 0.6 is 0 Å². The summed E-state index contributed by atoms with van der Waals surface area (Å²) < 4.78 is 7.52. The molecule has 1 aromatic carbocycles. The Labute approximate surface area is 220 Å². The van der Waals surface area contributed by atoms with Crippen molar-refractivity contribution in [1.29, 1.82) is 0 Å². The Hall–Kier alpha value is -2.96. The van der Waals surface area contributed by atoms with E-state index in [4.69, 9.17) is 14.8 Å². The van der Waals surface area contributed by atoms with Crippen LogP contribution in [-0.2, 0) is 11.2 Å². The van der Waals surface area contributed by atoms with E-state index in [0.717, 1.165) is 79.8 Å². The molecule has 2 aliphatic carbocycles. The van der Waals surface area contributed by atoms with E-state index in [1.54, 1.807) is 0 Å². The van der Waals surface area contributed by atoms with Crippen LogP contribution in [0.25, 0.3) is 23.2 Å². The molecule has 3 aromatic rings. The topological polar surface area (TPSA) is 63.4 Å². The molecule has 6 heteroatoms. The number of hydrogen-bond donors (Lipinski definition) is 1. The summed E-state index contributed by atoms with van der Waals surface area (Å²) >= 11 is 0. The Bertz CT molecular complexity index is 1270. The first-order valence-electron chi connectivity index (χ1n) is 14.0. The summed E-state index contributed by atoms with van der Waals surface area (Å²) in [5.74, 6) is 1.59. The highest BCUT2D eigenvalue weighted by Gasteiger charge is 2.27. The van der Waals surface area contributed by atoms with Crippen LogP contribution in [0.4, 0.5) is 5.69 Å². The van der Waals surface area contributed by atoms with Crippen LogP contribution in [0, 0.1) is 12.8 Å². The molecule has 1 unspecified atom stereocenters. The second-order valence-electron chi connectivity index (χ2n) is 11.0. The molecule has 2 fully saturated rings. The number of aliphatic hydroxyl groups excluding tert-OH is 1. The van der Waals surface area contributed by atoms with Gasteiger partial charge in [0.1, 0.15) is 0 Å². The number of pyridine rings is 1. The van der Waals surface area contributed by atoms with Crippen LogP contribution < -0.4 is 4.90 Å². The molecule has 3 aliphatic rings. The Morgan fingerprint density at radius 2 is 1.92 bits per heavy atom. The van der Waals surface area contributed by atoms with Crippen molar-refractivity contribution in [3.05, 3.63) is 65.0 Å². The number of morpholine rings is 1. The Balaban J connectivity index is 1.28. The van der Waals surface area contributed by atoms with E-state index in [9.17, 15) is 5.11 Å². The van der Waals surface area contributed by atoms with Crippen molar-refractivity contribution in [3.8, 4) is 17.1 Å². The van der Waals surface area contributed by atoms with Gasteiger partial charge < -0.3 is 14.7 Å². The van der Waals surface area contributed by atoms with Crippen LogP contribution in [-0.4, -0.2) is 52.3 Å². The van der Waals surface area contributed by atoms with Gasteiger partial charge in [-0.2, -0.15) is 5.10 Å². The number of hydrogen-bond acceptors (Lipinski definition) is 5. The first-order chi connectivity index (χ1) is 18.1. The van der Waals surface area contributed by atoms with Gasteiger partial charge >= 0.3 is 0 Å². The number of rotatable bonds is 7. The van der Waals surface area contributed by atoms with Gasteiger partial charge in [-0.15, -0.1) is 0 Å². The quantitative estimate of drug-likeness (QED) is 0.450. The minimum atomic E-state index is -0.394. The van der Waals surface area contributed by atoms with Crippen LogP contribution in [0.15, 0.2) is 48.2 Å². The molecule has 1 N–H and O–H groups in total. The lowest BCUT2D eigenvalue weighted by Gasteiger charge is -2.31. The number of benzene rings is 1. The monoisotopic (exact) mass is 498 g/mol. The van der Waals surface area contributed by atoms with Gasteiger partial charge in [-0.05, 0) is 49.5 Å². The fourth-order valence-electron chi connectivity index (χ4n) is 6.18. The van der Waals surface area contributed by atoms with E-state index in [-0.39, 0.29) is 0 Å². The molecule has 1 atom stereocenters. The molecule has 2 aromatic heterocycles. The smallest absolute Gasteiger partial charge is 0.156 e. The van der Waals surface area contributed by atoms with Gasteiger partial charge in [-0.25, -0.2) is 9.67 Å². The van der Waals surface area contributed by atoms with E-state index >= 15 is 0 Å². The number of nitrogens with zero attached hydrogens (tertiary/aromatic N) is 4. The lowest BCUT2D eigenvalue weighted by Crippen LogP contribution is -2.37. The molecule has 3 heterocycles. The summed E-state index contributed by atoms with van der Waals surface area (Å²) in [7, 11) is 0. The zero-order valence-electron chi connectivity index (χ0n) is 21.9. The van der Waals surface area contributed by atoms with Crippen molar-refractivity contribution in [2.24, 2.45) is 5.92 Å². The maximum Gasteiger partial charge on any atom is 0.156 e. The van der Waals surface area contributed by atoms with E-state index in [1.165, 1.54) is 48.9 Å². The van der Waals surface area contributed by atoms with Crippen molar-refractivity contribution in [2.45, 2.75) is 64.4 Å². The highest BCUT2D eigenvalue weighted by atomic mass is 16.5. The summed E-state index contributed by atoms with van der Waals surface area (Å²) in [5, 5.41) is 16.0. The highest BCUT2D eigenvalue weighted by molar-refractivity contribution is 5.72. The van der Waals surface area contributed by atoms with Gasteiger partial charge in [-0.3, -0.25) is 0 Å². The van der Waals surface area contributed by atoms with Crippen molar-refractivity contribution in [1.82, 2.24) is 14.8 Å². The Morgan fingerprint density at radius 1 is 1.08 bits per heavy atom. The molecule has 0 amide bonds. The zero-order chi connectivity index (χ0) is 25.2. The largest absolute Gasteiger partial charge is 0.389 e. The van der Waals surface area contributed by atoms with Crippen molar-refractivity contribution >= 4 is 11.8 Å². The minimum absolute atomic E-state index is 0.394. The van der Waals surface area contributed by atoms with Crippen LogP contribution in [0.5, 0.6) is 0 Å². The summed E-state index contributed by atoms with van der Waals surface area (Å²) in [6.45, 7) is 5.29. The summed E-state index contributed by atoms with van der Waals surface area (Å²) in [6.07, 6.45) is 13.2. The first-order valence-corrected chi connectivity index (χ1v) is 14.0. The maximum absolute atomic E-state index is 11.1. The third kappa shape index (κ3) is 5.36. The van der Waals surface area contributed by atoms with E-state index < -0.39 is 6.10 Å².